The third-order valence-corrected chi connectivity index (χ3v) is 4.17. The number of hydrogen-bond donors (Lipinski definition) is 2. The van der Waals surface area contributed by atoms with Crippen LogP contribution in [-0.4, -0.2) is 33.7 Å². The number of nitrogens with one attached hydrogen (secondary N) is 2. The molecule has 2 N–H and O–H groups in total. The van der Waals surface area contributed by atoms with Gasteiger partial charge in [0.15, 0.2) is 5.16 Å². The van der Waals surface area contributed by atoms with Gasteiger partial charge in [-0.3, -0.25) is 19.7 Å². The second kappa shape index (κ2) is 8.99. The number of benzene rings is 1. The SMILES string of the molecule is CCCc1cc(=O)[nH]c(SCC(=O)Nc2ccc(OC)cc2[N+](=O)[O-])n1. The number of carbonyl (C=O) groups excluding carboxylic acids is 1. The molecule has 1 aromatic carbocycles. The number of nitro benzene ring substituents is 1. The first-order valence-corrected chi connectivity index (χ1v) is 8.76. The number of anilines is 1. The van der Waals surface area contributed by atoms with Crippen molar-refractivity contribution >= 4 is 29.0 Å². The second-order valence-corrected chi connectivity index (χ2v) is 6.23. The molecule has 0 aliphatic rings. The molecule has 1 amide bonds. The van der Waals surface area contributed by atoms with Gasteiger partial charge in [-0.25, -0.2) is 4.98 Å². The lowest BCUT2D eigenvalue weighted by atomic mass is 10.2. The number of aromatic nitrogens is 2. The van der Waals surface area contributed by atoms with Crippen LogP contribution in [0.15, 0.2) is 34.2 Å². The highest BCUT2D eigenvalue weighted by molar-refractivity contribution is 7.99. The number of H-pyrrole nitrogens is 1. The van der Waals surface area contributed by atoms with E-state index in [1.165, 1.54) is 31.4 Å². The molecule has 0 spiro atoms. The van der Waals surface area contributed by atoms with Gasteiger partial charge in [0.2, 0.25) is 5.91 Å². The van der Waals surface area contributed by atoms with Gasteiger partial charge < -0.3 is 15.0 Å². The molecule has 0 radical (unpaired) electrons. The molecule has 9 nitrogen and oxygen atoms in total. The lowest BCUT2D eigenvalue weighted by Crippen LogP contribution is -2.16. The highest BCUT2D eigenvalue weighted by Gasteiger charge is 2.17. The van der Waals surface area contributed by atoms with E-state index in [9.17, 15) is 19.7 Å². The quantitative estimate of drug-likeness (QED) is 0.312. The molecule has 0 fully saturated rings. The Balaban J connectivity index is 2.06. The predicted molar refractivity (Wildman–Crippen MR) is 97.9 cm³/mol. The lowest BCUT2D eigenvalue weighted by Gasteiger charge is -2.07. The third kappa shape index (κ3) is 5.31. The fourth-order valence-electron chi connectivity index (χ4n) is 2.15. The maximum Gasteiger partial charge on any atom is 0.296 e. The summed E-state index contributed by atoms with van der Waals surface area (Å²) < 4.78 is 4.95. The van der Waals surface area contributed by atoms with Crippen LogP contribution in [0, 0.1) is 10.1 Å². The summed E-state index contributed by atoms with van der Waals surface area (Å²) in [5.41, 5.74) is 0.184. The van der Waals surface area contributed by atoms with Crippen LogP contribution < -0.4 is 15.6 Å². The van der Waals surface area contributed by atoms with Gasteiger partial charge in [0.1, 0.15) is 11.4 Å². The minimum atomic E-state index is -0.599. The number of aromatic amines is 1. The minimum absolute atomic E-state index is 0.0539. The number of aryl methyl sites for hydroxylation is 1. The Kier molecular flexibility index (Phi) is 6.73. The summed E-state index contributed by atoms with van der Waals surface area (Å²) in [6, 6.07) is 5.58. The minimum Gasteiger partial charge on any atom is -0.496 e. The number of nitrogens with zero attached hydrogens (tertiary/aromatic N) is 2. The van der Waals surface area contributed by atoms with E-state index < -0.39 is 10.8 Å². The van der Waals surface area contributed by atoms with Gasteiger partial charge in [0.25, 0.3) is 11.2 Å². The zero-order valence-electron chi connectivity index (χ0n) is 14.3. The average Bonchev–Trinajstić information content (AvgIpc) is 2.60. The van der Waals surface area contributed by atoms with Gasteiger partial charge >= 0.3 is 0 Å². The van der Waals surface area contributed by atoms with Crippen molar-refractivity contribution in [3.8, 4) is 5.75 Å². The number of carbonyl (C=O) groups is 1. The Morgan fingerprint density at radius 1 is 1.42 bits per heavy atom. The van der Waals surface area contributed by atoms with Crippen LogP contribution in [0.1, 0.15) is 19.0 Å². The van der Waals surface area contributed by atoms with Crippen LogP contribution in [0.25, 0.3) is 0 Å². The Bertz CT molecular complexity index is 868. The second-order valence-electron chi connectivity index (χ2n) is 5.27. The Morgan fingerprint density at radius 2 is 2.19 bits per heavy atom. The van der Waals surface area contributed by atoms with Gasteiger partial charge in [-0.05, 0) is 18.6 Å². The van der Waals surface area contributed by atoms with Crippen molar-refractivity contribution in [2.75, 3.05) is 18.2 Å². The van der Waals surface area contributed by atoms with Crippen molar-refractivity contribution in [3.63, 3.8) is 0 Å². The van der Waals surface area contributed by atoms with Crippen LogP contribution in [0.4, 0.5) is 11.4 Å². The normalized spacial score (nSPS) is 10.4. The standard InChI is InChI=1S/C16H18N4O5S/c1-3-4-10-7-14(21)19-16(17-10)26-9-15(22)18-12-6-5-11(25-2)8-13(12)20(23)24/h5-8H,3-4,9H2,1-2H3,(H,18,22)(H,17,19,21). The molecule has 10 heteroatoms. The molecule has 2 rings (SSSR count). The Morgan fingerprint density at radius 3 is 2.85 bits per heavy atom. The predicted octanol–water partition coefficient (Wildman–Crippen LogP) is 2.37. The van der Waals surface area contributed by atoms with Crippen molar-refractivity contribution in [1.82, 2.24) is 9.97 Å². The number of thioether (sulfide) groups is 1. The molecule has 0 saturated carbocycles. The lowest BCUT2D eigenvalue weighted by molar-refractivity contribution is -0.384. The van der Waals surface area contributed by atoms with E-state index in [1.807, 2.05) is 6.92 Å². The Labute approximate surface area is 153 Å². The summed E-state index contributed by atoms with van der Waals surface area (Å²) >= 11 is 1.05. The molecule has 0 saturated heterocycles. The van der Waals surface area contributed by atoms with Crippen LogP contribution >= 0.6 is 11.8 Å². The van der Waals surface area contributed by atoms with Gasteiger partial charge in [-0.1, -0.05) is 25.1 Å². The maximum absolute atomic E-state index is 12.1. The largest absolute Gasteiger partial charge is 0.496 e. The van der Waals surface area contributed by atoms with Crippen LogP contribution in [0.3, 0.4) is 0 Å². The van der Waals surface area contributed by atoms with Crippen molar-refractivity contribution in [1.29, 1.82) is 0 Å². The van der Waals surface area contributed by atoms with Gasteiger partial charge in [-0.15, -0.1) is 0 Å². The highest BCUT2D eigenvalue weighted by Crippen LogP contribution is 2.29. The summed E-state index contributed by atoms with van der Waals surface area (Å²) in [6.07, 6.45) is 1.52. The zero-order valence-corrected chi connectivity index (χ0v) is 15.1. The molecule has 1 aromatic heterocycles. The topological polar surface area (TPSA) is 127 Å². The van der Waals surface area contributed by atoms with Crippen molar-refractivity contribution in [3.05, 3.63) is 50.4 Å². The molecule has 0 aliphatic carbocycles. The maximum atomic E-state index is 12.1. The summed E-state index contributed by atoms with van der Waals surface area (Å²) in [5.74, 6) is -0.188. The zero-order chi connectivity index (χ0) is 19.1. The summed E-state index contributed by atoms with van der Waals surface area (Å²) in [6.45, 7) is 1.98. The van der Waals surface area contributed by atoms with E-state index >= 15 is 0 Å². The molecule has 0 atom stereocenters. The van der Waals surface area contributed by atoms with E-state index in [1.54, 1.807) is 0 Å². The smallest absolute Gasteiger partial charge is 0.296 e. The van der Waals surface area contributed by atoms with E-state index in [-0.39, 0.29) is 22.7 Å². The first-order valence-electron chi connectivity index (χ1n) is 7.78. The van der Waals surface area contributed by atoms with Crippen molar-refractivity contribution in [2.45, 2.75) is 24.9 Å². The monoisotopic (exact) mass is 378 g/mol. The third-order valence-electron chi connectivity index (χ3n) is 3.29. The molecule has 0 aliphatic heterocycles. The van der Waals surface area contributed by atoms with Crippen molar-refractivity contribution < 1.29 is 14.5 Å². The molecular formula is C16H18N4O5S. The van der Waals surface area contributed by atoms with Gasteiger partial charge in [-0.2, -0.15) is 0 Å². The fourth-order valence-corrected chi connectivity index (χ4v) is 2.85. The summed E-state index contributed by atoms with van der Waals surface area (Å²) in [7, 11) is 1.40. The van der Waals surface area contributed by atoms with Crippen LogP contribution in [0.5, 0.6) is 5.75 Å². The van der Waals surface area contributed by atoms with E-state index in [0.717, 1.165) is 18.2 Å². The molecule has 2 aromatic rings. The number of methoxy groups -OCH3 is 1. The summed E-state index contributed by atoms with van der Waals surface area (Å²) in [4.78, 5) is 41.1. The van der Waals surface area contributed by atoms with Crippen molar-refractivity contribution in [2.24, 2.45) is 0 Å². The van der Waals surface area contributed by atoms with Gasteiger partial charge in [0.05, 0.1) is 23.9 Å². The van der Waals surface area contributed by atoms with E-state index in [4.69, 9.17) is 4.74 Å². The summed E-state index contributed by atoms with van der Waals surface area (Å²) in [5, 5.41) is 14.0. The molecular weight excluding hydrogens is 360 g/mol. The molecule has 0 bridgehead atoms. The number of hydrogen-bond acceptors (Lipinski definition) is 7. The van der Waals surface area contributed by atoms with Crippen LogP contribution in [0.2, 0.25) is 0 Å². The molecule has 26 heavy (non-hydrogen) atoms. The first kappa shape index (κ1) is 19.4. The van der Waals surface area contributed by atoms with Gasteiger partial charge in [0, 0.05) is 11.8 Å². The number of rotatable bonds is 8. The number of amides is 1. The number of nitro groups is 1. The highest BCUT2D eigenvalue weighted by atomic mass is 32.2. The Hall–Kier alpha value is -2.88. The first-order chi connectivity index (χ1) is 12.4. The van der Waals surface area contributed by atoms with Crippen LogP contribution in [-0.2, 0) is 11.2 Å². The fraction of sp³-hybridized carbons (Fsp3) is 0.312. The molecule has 0 unspecified atom stereocenters. The van der Waals surface area contributed by atoms with E-state index in [0.29, 0.717) is 23.0 Å². The number of ether oxygens (including phenoxy) is 1. The molecule has 138 valence electrons. The van der Waals surface area contributed by atoms with E-state index in [2.05, 4.69) is 15.3 Å². The molecule has 1 heterocycles. The average molecular weight is 378 g/mol.